The number of rotatable bonds is 8. The highest BCUT2D eigenvalue weighted by Crippen LogP contribution is 2.36. The molecule has 2 atom stereocenters. The molecule has 0 saturated heterocycles. The van der Waals surface area contributed by atoms with Gasteiger partial charge in [0.15, 0.2) is 5.16 Å². The molecule has 5 nitrogen and oxygen atoms in total. The highest BCUT2D eigenvalue weighted by atomic mass is 32.2. The fourth-order valence-corrected chi connectivity index (χ4v) is 5.57. The summed E-state index contributed by atoms with van der Waals surface area (Å²) in [6.07, 6.45) is 4.03. The van der Waals surface area contributed by atoms with E-state index in [1.807, 2.05) is 30.3 Å². The standard InChI is InChI=1S/C23H27N3O2S2/c1-4-13(2)12-17-14(3)29-22-18(17)20(27)25-23(26-22)30-19(15-8-6-5-7-9-15)21(28)24-16-10-11-16/h5-9,13,16,19H,4,10-12H2,1-3H3,(H,24,28)(H,25,26,27)/t13-,19-/m1/s1. The number of benzene rings is 1. The molecule has 3 aromatic rings. The van der Waals surface area contributed by atoms with Gasteiger partial charge in [-0.05, 0) is 43.2 Å². The summed E-state index contributed by atoms with van der Waals surface area (Å²) in [7, 11) is 0. The number of thioether (sulfide) groups is 1. The maximum absolute atomic E-state index is 13.0. The molecule has 4 rings (SSSR count). The van der Waals surface area contributed by atoms with Gasteiger partial charge < -0.3 is 10.3 Å². The first-order valence-electron chi connectivity index (χ1n) is 10.5. The second-order valence-electron chi connectivity index (χ2n) is 8.10. The van der Waals surface area contributed by atoms with Gasteiger partial charge in [0, 0.05) is 10.9 Å². The number of hydrogen-bond acceptors (Lipinski definition) is 5. The Morgan fingerprint density at radius 3 is 2.73 bits per heavy atom. The molecular formula is C23H27N3O2S2. The van der Waals surface area contributed by atoms with Gasteiger partial charge in [0.05, 0.1) is 5.39 Å². The van der Waals surface area contributed by atoms with Crippen molar-refractivity contribution in [2.45, 2.75) is 62.9 Å². The summed E-state index contributed by atoms with van der Waals surface area (Å²) in [5.74, 6) is 0.486. The van der Waals surface area contributed by atoms with Crippen LogP contribution in [0.1, 0.15) is 54.4 Å². The van der Waals surface area contributed by atoms with E-state index in [0.29, 0.717) is 16.5 Å². The Kier molecular flexibility index (Phi) is 6.29. The molecule has 1 fully saturated rings. The molecule has 0 radical (unpaired) electrons. The van der Waals surface area contributed by atoms with Crippen molar-refractivity contribution in [3.05, 3.63) is 56.7 Å². The summed E-state index contributed by atoms with van der Waals surface area (Å²) in [6.45, 7) is 6.44. The van der Waals surface area contributed by atoms with Crippen LogP contribution in [0.4, 0.5) is 0 Å². The third kappa shape index (κ3) is 4.62. The van der Waals surface area contributed by atoms with Crippen LogP contribution in [-0.4, -0.2) is 21.9 Å². The van der Waals surface area contributed by atoms with E-state index in [-0.39, 0.29) is 17.5 Å². The highest BCUT2D eigenvalue weighted by molar-refractivity contribution is 8.00. The van der Waals surface area contributed by atoms with Crippen molar-refractivity contribution in [1.29, 1.82) is 0 Å². The molecule has 0 spiro atoms. The van der Waals surface area contributed by atoms with Gasteiger partial charge in [0.1, 0.15) is 10.1 Å². The maximum atomic E-state index is 13.0. The van der Waals surface area contributed by atoms with E-state index in [2.05, 4.69) is 31.1 Å². The number of aryl methyl sites for hydroxylation is 1. The van der Waals surface area contributed by atoms with Gasteiger partial charge in [0.25, 0.3) is 5.56 Å². The molecule has 2 heterocycles. The number of nitrogens with one attached hydrogen (secondary N) is 2. The summed E-state index contributed by atoms with van der Waals surface area (Å²) in [6, 6.07) is 9.96. The van der Waals surface area contributed by atoms with Gasteiger partial charge in [-0.15, -0.1) is 11.3 Å². The molecule has 0 unspecified atom stereocenters. The van der Waals surface area contributed by atoms with Crippen LogP contribution in [0.3, 0.4) is 0 Å². The van der Waals surface area contributed by atoms with Gasteiger partial charge in [0.2, 0.25) is 5.91 Å². The van der Waals surface area contributed by atoms with Crippen molar-refractivity contribution in [2.75, 3.05) is 0 Å². The molecule has 2 N–H and O–H groups in total. The molecular weight excluding hydrogens is 414 g/mol. The maximum Gasteiger partial charge on any atom is 0.260 e. The van der Waals surface area contributed by atoms with E-state index >= 15 is 0 Å². The molecule has 1 aromatic carbocycles. The number of carbonyl (C=O) groups excluding carboxylic acids is 1. The van der Waals surface area contributed by atoms with E-state index in [0.717, 1.165) is 46.5 Å². The summed E-state index contributed by atoms with van der Waals surface area (Å²) >= 11 is 2.88. The number of H-pyrrole nitrogens is 1. The predicted molar refractivity (Wildman–Crippen MR) is 124 cm³/mol. The smallest absolute Gasteiger partial charge is 0.260 e. The fraction of sp³-hybridized carbons (Fsp3) is 0.435. The van der Waals surface area contributed by atoms with Crippen molar-refractivity contribution >= 4 is 39.2 Å². The molecule has 1 aliphatic rings. The third-order valence-electron chi connectivity index (χ3n) is 5.58. The Morgan fingerprint density at radius 1 is 1.33 bits per heavy atom. The zero-order valence-electron chi connectivity index (χ0n) is 17.5. The lowest BCUT2D eigenvalue weighted by molar-refractivity contribution is -0.120. The minimum atomic E-state index is -0.451. The van der Waals surface area contributed by atoms with E-state index < -0.39 is 5.25 Å². The summed E-state index contributed by atoms with van der Waals surface area (Å²) < 4.78 is 0. The first-order valence-corrected chi connectivity index (χ1v) is 12.2. The number of nitrogens with zero attached hydrogens (tertiary/aromatic N) is 1. The Balaban J connectivity index is 1.67. The van der Waals surface area contributed by atoms with Crippen LogP contribution in [-0.2, 0) is 11.2 Å². The monoisotopic (exact) mass is 441 g/mol. The predicted octanol–water partition coefficient (Wildman–Crippen LogP) is 4.99. The summed E-state index contributed by atoms with van der Waals surface area (Å²) in [5.41, 5.74) is 1.91. The largest absolute Gasteiger partial charge is 0.352 e. The van der Waals surface area contributed by atoms with Crippen molar-refractivity contribution < 1.29 is 4.79 Å². The molecule has 1 amide bonds. The first-order chi connectivity index (χ1) is 14.5. The molecule has 158 valence electrons. The summed E-state index contributed by atoms with van der Waals surface area (Å²) in [4.78, 5) is 35.5. The summed E-state index contributed by atoms with van der Waals surface area (Å²) in [5, 5.41) is 3.84. The van der Waals surface area contributed by atoms with Gasteiger partial charge in [-0.1, -0.05) is 62.4 Å². The Hall–Kier alpha value is -2.12. The first kappa shape index (κ1) is 21.1. The number of aromatic nitrogens is 2. The van der Waals surface area contributed by atoms with Crippen molar-refractivity contribution in [1.82, 2.24) is 15.3 Å². The Morgan fingerprint density at radius 2 is 2.07 bits per heavy atom. The molecule has 30 heavy (non-hydrogen) atoms. The van der Waals surface area contributed by atoms with Crippen LogP contribution in [0.25, 0.3) is 10.2 Å². The van der Waals surface area contributed by atoms with E-state index in [9.17, 15) is 9.59 Å². The average Bonchev–Trinajstić information content (AvgIpc) is 3.49. The van der Waals surface area contributed by atoms with E-state index in [1.165, 1.54) is 11.8 Å². The number of aromatic amines is 1. The van der Waals surface area contributed by atoms with Crippen molar-refractivity contribution in [3.8, 4) is 0 Å². The van der Waals surface area contributed by atoms with Crippen LogP contribution >= 0.6 is 23.1 Å². The van der Waals surface area contributed by atoms with Gasteiger partial charge in [-0.2, -0.15) is 0 Å². The zero-order valence-corrected chi connectivity index (χ0v) is 19.2. The van der Waals surface area contributed by atoms with Crippen LogP contribution in [0, 0.1) is 12.8 Å². The third-order valence-corrected chi connectivity index (χ3v) is 7.76. The SMILES string of the molecule is CC[C@@H](C)Cc1c(C)sc2nc(S[C@@H](C(=O)NC3CC3)c3ccccc3)[nH]c(=O)c12. The van der Waals surface area contributed by atoms with Gasteiger partial charge in [-0.25, -0.2) is 4.98 Å². The molecule has 1 saturated carbocycles. The quantitative estimate of drug-likeness (QED) is 0.381. The van der Waals surface area contributed by atoms with Gasteiger partial charge in [-0.3, -0.25) is 9.59 Å². The molecule has 7 heteroatoms. The lowest BCUT2D eigenvalue weighted by atomic mass is 9.98. The fourth-order valence-electron chi connectivity index (χ4n) is 3.47. The molecule has 0 aliphatic heterocycles. The lowest BCUT2D eigenvalue weighted by Crippen LogP contribution is -2.30. The van der Waals surface area contributed by atoms with Gasteiger partial charge >= 0.3 is 0 Å². The lowest BCUT2D eigenvalue weighted by Gasteiger charge is -2.16. The minimum absolute atomic E-state index is 0.0312. The number of fused-ring (bicyclic) bond motifs is 1. The molecule has 0 bridgehead atoms. The molecule has 1 aliphatic carbocycles. The normalized spacial score (nSPS) is 15.8. The molecule has 2 aromatic heterocycles. The second-order valence-corrected chi connectivity index (χ2v) is 10.4. The van der Waals surface area contributed by atoms with Crippen molar-refractivity contribution in [2.24, 2.45) is 5.92 Å². The van der Waals surface area contributed by atoms with Crippen LogP contribution in [0.5, 0.6) is 0 Å². The van der Waals surface area contributed by atoms with Crippen molar-refractivity contribution in [3.63, 3.8) is 0 Å². The highest BCUT2D eigenvalue weighted by Gasteiger charge is 2.30. The zero-order chi connectivity index (χ0) is 21.3. The minimum Gasteiger partial charge on any atom is -0.352 e. The van der Waals surface area contributed by atoms with Crippen LogP contribution in [0.2, 0.25) is 0 Å². The van der Waals surface area contributed by atoms with Crippen LogP contribution < -0.4 is 10.9 Å². The Bertz CT molecular complexity index is 1100. The second kappa shape index (κ2) is 8.94. The van der Waals surface area contributed by atoms with E-state index in [1.54, 1.807) is 11.3 Å². The number of thiophene rings is 1. The number of carbonyl (C=O) groups is 1. The van der Waals surface area contributed by atoms with Crippen LogP contribution in [0.15, 0.2) is 40.3 Å². The number of amides is 1. The Labute approximate surface area is 184 Å². The number of hydrogen-bond donors (Lipinski definition) is 2. The van der Waals surface area contributed by atoms with E-state index in [4.69, 9.17) is 4.98 Å². The topological polar surface area (TPSA) is 74.8 Å². The average molecular weight is 442 g/mol.